The summed E-state index contributed by atoms with van der Waals surface area (Å²) in [4.78, 5) is 2.07. The van der Waals surface area contributed by atoms with Crippen molar-refractivity contribution in [3.63, 3.8) is 0 Å². The first-order chi connectivity index (χ1) is 7.86. The molecule has 0 amide bonds. The molecule has 1 unspecified atom stereocenters. The topological polar surface area (TPSA) is 52.7 Å². The molecule has 17 heavy (non-hydrogen) atoms. The lowest BCUT2D eigenvalue weighted by molar-refractivity contribution is 0.354. The Kier molecular flexibility index (Phi) is 7.94. The van der Waals surface area contributed by atoms with Crippen molar-refractivity contribution >= 4 is 10.0 Å². The summed E-state index contributed by atoms with van der Waals surface area (Å²) in [6, 6.07) is 0. The molecule has 0 fully saturated rings. The Hall–Kier alpha value is -0.170. The zero-order valence-electron chi connectivity index (χ0n) is 11.7. The number of sulfonamides is 1. The highest BCUT2D eigenvalue weighted by molar-refractivity contribution is 7.89. The molecule has 0 heterocycles. The van der Waals surface area contributed by atoms with Gasteiger partial charge in [-0.15, -0.1) is 0 Å². The standard InChI is InChI=1S/C11H27N3O2S/c1-6-14(9-7-8-13(4)5)17(15,16)11(2)10-12-3/h11-12H,6-10H2,1-5H3. The van der Waals surface area contributed by atoms with E-state index in [1.807, 2.05) is 21.0 Å². The average Bonchev–Trinajstić information content (AvgIpc) is 2.24. The van der Waals surface area contributed by atoms with Crippen molar-refractivity contribution in [3.05, 3.63) is 0 Å². The largest absolute Gasteiger partial charge is 0.318 e. The normalized spacial score (nSPS) is 14.5. The van der Waals surface area contributed by atoms with Gasteiger partial charge in [0.25, 0.3) is 0 Å². The van der Waals surface area contributed by atoms with Gasteiger partial charge in [-0.1, -0.05) is 6.92 Å². The van der Waals surface area contributed by atoms with Gasteiger partial charge in [-0.2, -0.15) is 0 Å². The second-order valence-corrected chi connectivity index (χ2v) is 6.91. The number of hydrogen-bond acceptors (Lipinski definition) is 4. The zero-order chi connectivity index (χ0) is 13.5. The van der Waals surface area contributed by atoms with Gasteiger partial charge in [-0.3, -0.25) is 0 Å². The summed E-state index contributed by atoms with van der Waals surface area (Å²) in [5.74, 6) is 0. The molecule has 0 saturated carbocycles. The summed E-state index contributed by atoms with van der Waals surface area (Å²) in [5.41, 5.74) is 0. The second-order valence-electron chi connectivity index (χ2n) is 4.56. The molecule has 0 radical (unpaired) electrons. The number of nitrogens with one attached hydrogen (secondary N) is 1. The van der Waals surface area contributed by atoms with Crippen LogP contribution in [0.25, 0.3) is 0 Å². The average molecular weight is 265 g/mol. The first-order valence-corrected chi connectivity index (χ1v) is 7.64. The van der Waals surface area contributed by atoms with Crippen molar-refractivity contribution in [2.75, 3.05) is 47.3 Å². The van der Waals surface area contributed by atoms with E-state index in [9.17, 15) is 8.42 Å². The van der Waals surface area contributed by atoms with Crippen molar-refractivity contribution in [2.45, 2.75) is 25.5 Å². The molecule has 0 saturated heterocycles. The van der Waals surface area contributed by atoms with Crippen LogP contribution >= 0.6 is 0 Å². The summed E-state index contributed by atoms with van der Waals surface area (Å²) in [7, 11) is 2.60. The molecule has 0 aliphatic heterocycles. The molecule has 0 rings (SSSR count). The molecule has 0 bridgehead atoms. The number of hydrogen-bond donors (Lipinski definition) is 1. The minimum absolute atomic E-state index is 0.369. The third kappa shape index (κ3) is 5.81. The van der Waals surface area contributed by atoms with Crippen LogP contribution in [-0.2, 0) is 10.0 Å². The van der Waals surface area contributed by atoms with E-state index in [4.69, 9.17) is 0 Å². The fourth-order valence-electron chi connectivity index (χ4n) is 1.68. The molecule has 0 aromatic rings. The molecular formula is C11H27N3O2S. The molecule has 104 valence electrons. The van der Waals surface area contributed by atoms with Crippen LogP contribution in [0.4, 0.5) is 0 Å². The first-order valence-electron chi connectivity index (χ1n) is 6.14. The highest BCUT2D eigenvalue weighted by Crippen LogP contribution is 2.09. The highest BCUT2D eigenvalue weighted by Gasteiger charge is 2.26. The minimum atomic E-state index is -3.16. The lowest BCUT2D eigenvalue weighted by Crippen LogP contribution is -2.42. The van der Waals surface area contributed by atoms with Crippen LogP contribution in [-0.4, -0.2) is 70.2 Å². The molecule has 1 atom stereocenters. The Balaban J connectivity index is 4.42. The number of nitrogens with zero attached hydrogens (tertiary/aromatic N) is 2. The fourth-order valence-corrected chi connectivity index (χ4v) is 3.31. The predicted molar refractivity (Wildman–Crippen MR) is 72.7 cm³/mol. The summed E-state index contributed by atoms with van der Waals surface area (Å²) < 4.78 is 26.0. The van der Waals surface area contributed by atoms with Crippen molar-refractivity contribution in [1.29, 1.82) is 0 Å². The first kappa shape index (κ1) is 16.8. The maximum Gasteiger partial charge on any atom is 0.217 e. The lowest BCUT2D eigenvalue weighted by atomic mass is 10.4. The van der Waals surface area contributed by atoms with Crippen LogP contribution in [0.3, 0.4) is 0 Å². The van der Waals surface area contributed by atoms with Crippen LogP contribution in [0.5, 0.6) is 0 Å². The summed E-state index contributed by atoms with van der Waals surface area (Å²) in [5, 5.41) is 2.54. The van der Waals surface area contributed by atoms with Gasteiger partial charge in [0.05, 0.1) is 5.25 Å². The van der Waals surface area contributed by atoms with Gasteiger partial charge in [0.2, 0.25) is 10.0 Å². The zero-order valence-corrected chi connectivity index (χ0v) is 12.5. The molecule has 6 heteroatoms. The predicted octanol–water partition coefficient (Wildman–Crippen LogP) is 0.198. The van der Waals surface area contributed by atoms with Gasteiger partial charge >= 0.3 is 0 Å². The Morgan fingerprint density at radius 2 is 1.82 bits per heavy atom. The monoisotopic (exact) mass is 265 g/mol. The second kappa shape index (κ2) is 8.02. The maximum absolute atomic E-state index is 12.2. The van der Waals surface area contributed by atoms with E-state index in [1.165, 1.54) is 0 Å². The Bertz CT molecular complexity index is 291. The molecular weight excluding hydrogens is 238 g/mol. The maximum atomic E-state index is 12.2. The highest BCUT2D eigenvalue weighted by atomic mass is 32.2. The minimum Gasteiger partial charge on any atom is -0.318 e. The molecule has 0 aliphatic carbocycles. The lowest BCUT2D eigenvalue weighted by Gasteiger charge is -2.25. The number of rotatable bonds is 9. The van der Waals surface area contributed by atoms with E-state index in [0.29, 0.717) is 19.6 Å². The van der Waals surface area contributed by atoms with Crippen molar-refractivity contribution in [3.8, 4) is 0 Å². The van der Waals surface area contributed by atoms with E-state index >= 15 is 0 Å². The molecule has 0 aromatic heterocycles. The van der Waals surface area contributed by atoms with Crippen LogP contribution < -0.4 is 5.32 Å². The van der Waals surface area contributed by atoms with Crippen molar-refractivity contribution in [2.24, 2.45) is 0 Å². The molecule has 1 N–H and O–H groups in total. The Morgan fingerprint density at radius 3 is 2.24 bits per heavy atom. The fraction of sp³-hybridized carbons (Fsp3) is 1.00. The van der Waals surface area contributed by atoms with Gasteiger partial charge in [0, 0.05) is 19.6 Å². The van der Waals surface area contributed by atoms with Gasteiger partial charge in [-0.25, -0.2) is 12.7 Å². The molecule has 0 spiro atoms. The SMILES string of the molecule is CCN(CCCN(C)C)S(=O)(=O)C(C)CNC. The van der Waals surface area contributed by atoms with Crippen LogP contribution in [0.1, 0.15) is 20.3 Å². The van der Waals surface area contributed by atoms with Crippen LogP contribution in [0, 0.1) is 0 Å². The van der Waals surface area contributed by atoms with Crippen molar-refractivity contribution < 1.29 is 8.42 Å². The molecule has 5 nitrogen and oxygen atoms in total. The quantitative estimate of drug-likeness (QED) is 0.647. The van der Waals surface area contributed by atoms with Gasteiger partial charge in [-0.05, 0) is 41.0 Å². The van der Waals surface area contributed by atoms with E-state index in [1.54, 1.807) is 18.3 Å². The van der Waals surface area contributed by atoms with Crippen molar-refractivity contribution in [1.82, 2.24) is 14.5 Å². The van der Waals surface area contributed by atoms with E-state index in [0.717, 1.165) is 13.0 Å². The summed E-state index contributed by atoms with van der Waals surface area (Å²) in [6.07, 6.45) is 0.867. The summed E-state index contributed by atoms with van der Waals surface area (Å²) in [6.45, 7) is 6.19. The van der Waals surface area contributed by atoms with E-state index in [2.05, 4.69) is 10.2 Å². The smallest absolute Gasteiger partial charge is 0.217 e. The molecule has 0 aliphatic rings. The van der Waals surface area contributed by atoms with Gasteiger partial charge in [0.15, 0.2) is 0 Å². The van der Waals surface area contributed by atoms with Crippen LogP contribution in [0.2, 0.25) is 0 Å². The summed E-state index contributed by atoms with van der Waals surface area (Å²) >= 11 is 0. The van der Waals surface area contributed by atoms with Crippen LogP contribution in [0.15, 0.2) is 0 Å². The Morgan fingerprint density at radius 1 is 1.24 bits per heavy atom. The van der Waals surface area contributed by atoms with Gasteiger partial charge < -0.3 is 10.2 Å². The Labute approximate surface area is 106 Å². The van der Waals surface area contributed by atoms with Gasteiger partial charge in [0.1, 0.15) is 0 Å². The van der Waals surface area contributed by atoms with E-state index < -0.39 is 10.0 Å². The third-order valence-electron chi connectivity index (χ3n) is 2.73. The third-order valence-corrected chi connectivity index (χ3v) is 5.07. The van der Waals surface area contributed by atoms with E-state index in [-0.39, 0.29) is 5.25 Å². The molecule has 0 aromatic carbocycles.